The maximum Gasteiger partial charge on any atom is 0.0440 e. The minimum absolute atomic E-state index is 0.595. The predicted molar refractivity (Wildman–Crippen MR) is 82.9 cm³/mol. The van der Waals surface area contributed by atoms with Crippen molar-refractivity contribution in [3.05, 3.63) is 59.2 Å². The van der Waals surface area contributed by atoms with Gasteiger partial charge in [0.05, 0.1) is 0 Å². The van der Waals surface area contributed by atoms with Crippen LogP contribution in [0.5, 0.6) is 0 Å². The van der Waals surface area contributed by atoms with Crippen LogP contribution in [0.25, 0.3) is 0 Å². The van der Waals surface area contributed by atoms with E-state index in [1.165, 1.54) is 28.1 Å². The zero-order chi connectivity index (χ0) is 13.8. The first-order valence-electron chi connectivity index (χ1n) is 6.79. The highest BCUT2D eigenvalue weighted by Crippen LogP contribution is 2.28. The Morgan fingerprint density at radius 2 is 1.68 bits per heavy atom. The number of nitrogens with zero attached hydrogens (tertiary/aromatic N) is 1. The molecule has 2 aromatic carbocycles. The highest BCUT2D eigenvalue weighted by atomic mass is 15.1. The van der Waals surface area contributed by atoms with Gasteiger partial charge in [-0.15, -0.1) is 0 Å². The van der Waals surface area contributed by atoms with Crippen molar-refractivity contribution in [2.24, 2.45) is 5.73 Å². The molecule has 2 N–H and O–H groups in total. The zero-order valence-electron chi connectivity index (χ0n) is 12.0. The lowest BCUT2D eigenvalue weighted by atomic mass is 10.1. The molecule has 0 fully saturated rings. The SMILES string of the molecule is CCN(c1ccc(C)cc1)c1ccc(CN)cc1C. The van der Waals surface area contributed by atoms with Crippen molar-refractivity contribution < 1.29 is 0 Å². The summed E-state index contributed by atoms with van der Waals surface area (Å²) < 4.78 is 0. The Bertz CT molecular complexity index is 544. The Balaban J connectivity index is 2.39. The lowest BCUT2D eigenvalue weighted by Crippen LogP contribution is -2.17. The van der Waals surface area contributed by atoms with E-state index < -0.39 is 0 Å². The molecular formula is C17H22N2. The molecule has 100 valence electrons. The number of nitrogens with two attached hydrogens (primary N) is 1. The molecule has 0 bridgehead atoms. The van der Waals surface area contributed by atoms with Gasteiger partial charge in [0, 0.05) is 24.5 Å². The van der Waals surface area contributed by atoms with Crippen molar-refractivity contribution in [1.29, 1.82) is 0 Å². The number of hydrogen-bond donors (Lipinski definition) is 1. The standard InChI is InChI=1S/C17H22N2/c1-4-19(16-8-5-13(2)6-9-16)17-10-7-15(12-18)11-14(17)3/h5-11H,4,12,18H2,1-3H3. The topological polar surface area (TPSA) is 29.3 Å². The van der Waals surface area contributed by atoms with Crippen LogP contribution in [-0.2, 0) is 6.54 Å². The molecule has 0 aliphatic carbocycles. The average molecular weight is 254 g/mol. The molecule has 0 saturated heterocycles. The van der Waals surface area contributed by atoms with Crippen LogP contribution in [0.3, 0.4) is 0 Å². The van der Waals surface area contributed by atoms with Gasteiger partial charge in [-0.1, -0.05) is 29.8 Å². The van der Waals surface area contributed by atoms with E-state index in [0.29, 0.717) is 6.54 Å². The van der Waals surface area contributed by atoms with Crippen LogP contribution in [0.15, 0.2) is 42.5 Å². The molecule has 0 atom stereocenters. The maximum atomic E-state index is 5.69. The van der Waals surface area contributed by atoms with E-state index >= 15 is 0 Å². The van der Waals surface area contributed by atoms with Gasteiger partial charge in [0.2, 0.25) is 0 Å². The van der Waals surface area contributed by atoms with E-state index in [-0.39, 0.29) is 0 Å². The fourth-order valence-electron chi connectivity index (χ4n) is 2.36. The molecule has 2 heteroatoms. The summed E-state index contributed by atoms with van der Waals surface area (Å²) in [5.74, 6) is 0. The Hall–Kier alpha value is -1.80. The molecule has 2 aromatic rings. The van der Waals surface area contributed by atoms with E-state index in [1.807, 2.05) is 0 Å². The van der Waals surface area contributed by atoms with E-state index in [0.717, 1.165) is 6.54 Å². The van der Waals surface area contributed by atoms with Gasteiger partial charge in [0.15, 0.2) is 0 Å². The van der Waals surface area contributed by atoms with Crippen LogP contribution < -0.4 is 10.6 Å². The molecule has 19 heavy (non-hydrogen) atoms. The van der Waals surface area contributed by atoms with Crippen LogP contribution in [0.1, 0.15) is 23.6 Å². The number of hydrogen-bond acceptors (Lipinski definition) is 2. The highest BCUT2D eigenvalue weighted by Gasteiger charge is 2.09. The first kappa shape index (κ1) is 13.6. The quantitative estimate of drug-likeness (QED) is 0.896. The summed E-state index contributed by atoms with van der Waals surface area (Å²) in [6.07, 6.45) is 0. The van der Waals surface area contributed by atoms with Gasteiger partial charge in [-0.2, -0.15) is 0 Å². The van der Waals surface area contributed by atoms with Gasteiger partial charge in [0.25, 0.3) is 0 Å². The Morgan fingerprint density at radius 3 is 2.21 bits per heavy atom. The van der Waals surface area contributed by atoms with Gasteiger partial charge in [-0.25, -0.2) is 0 Å². The summed E-state index contributed by atoms with van der Waals surface area (Å²) in [7, 11) is 0. The molecule has 0 radical (unpaired) electrons. The van der Waals surface area contributed by atoms with E-state index in [1.54, 1.807) is 0 Å². The predicted octanol–water partition coefficient (Wildman–Crippen LogP) is 3.92. The second kappa shape index (κ2) is 5.89. The van der Waals surface area contributed by atoms with Gasteiger partial charge < -0.3 is 10.6 Å². The average Bonchev–Trinajstić information content (AvgIpc) is 2.43. The molecule has 2 rings (SSSR count). The van der Waals surface area contributed by atoms with Crippen molar-refractivity contribution in [2.75, 3.05) is 11.4 Å². The van der Waals surface area contributed by atoms with Gasteiger partial charge in [0.1, 0.15) is 0 Å². The van der Waals surface area contributed by atoms with Gasteiger partial charge in [-0.05, 0) is 50.1 Å². The van der Waals surface area contributed by atoms with Crippen LogP contribution in [0, 0.1) is 13.8 Å². The molecule has 0 spiro atoms. The number of aryl methyl sites for hydroxylation is 2. The zero-order valence-corrected chi connectivity index (χ0v) is 12.0. The minimum Gasteiger partial charge on any atom is -0.342 e. The smallest absolute Gasteiger partial charge is 0.0440 e. The molecule has 0 aromatic heterocycles. The first-order chi connectivity index (χ1) is 9.15. The summed E-state index contributed by atoms with van der Waals surface area (Å²) in [5.41, 5.74) is 11.9. The Morgan fingerprint density at radius 1 is 1.00 bits per heavy atom. The number of rotatable bonds is 4. The van der Waals surface area contributed by atoms with Crippen molar-refractivity contribution in [1.82, 2.24) is 0 Å². The van der Waals surface area contributed by atoms with Crippen LogP contribution in [0.4, 0.5) is 11.4 Å². The number of benzene rings is 2. The van der Waals surface area contributed by atoms with Crippen molar-refractivity contribution in [3.63, 3.8) is 0 Å². The lowest BCUT2D eigenvalue weighted by molar-refractivity contribution is 1.00. The Labute approximate surface area is 115 Å². The molecule has 0 amide bonds. The second-order valence-electron chi connectivity index (χ2n) is 4.90. The maximum absolute atomic E-state index is 5.69. The highest BCUT2D eigenvalue weighted by molar-refractivity contribution is 5.66. The normalized spacial score (nSPS) is 10.5. The first-order valence-corrected chi connectivity index (χ1v) is 6.79. The molecule has 0 unspecified atom stereocenters. The molecule has 0 aliphatic rings. The molecule has 2 nitrogen and oxygen atoms in total. The van der Waals surface area contributed by atoms with Crippen molar-refractivity contribution >= 4 is 11.4 Å². The fraction of sp³-hybridized carbons (Fsp3) is 0.294. The molecule has 0 heterocycles. The van der Waals surface area contributed by atoms with Crippen molar-refractivity contribution in [2.45, 2.75) is 27.3 Å². The third-order valence-corrected chi connectivity index (χ3v) is 3.45. The Kier molecular flexibility index (Phi) is 4.23. The summed E-state index contributed by atoms with van der Waals surface area (Å²) in [5, 5.41) is 0. The van der Waals surface area contributed by atoms with E-state index in [9.17, 15) is 0 Å². The van der Waals surface area contributed by atoms with Gasteiger partial charge in [-0.3, -0.25) is 0 Å². The van der Waals surface area contributed by atoms with Crippen LogP contribution in [0.2, 0.25) is 0 Å². The fourth-order valence-corrected chi connectivity index (χ4v) is 2.36. The van der Waals surface area contributed by atoms with Crippen LogP contribution in [-0.4, -0.2) is 6.54 Å². The second-order valence-corrected chi connectivity index (χ2v) is 4.90. The summed E-state index contributed by atoms with van der Waals surface area (Å²) in [4.78, 5) is 2.33. The van der Waals surface area contributed by atoms with E-state index in [4.69, 9.17) is 5.73 Å². The molecular weight excluding hydrogens is 232 g/mol. The van der Waals surface area contributed by atoms with Crippen molar-refractivity contribution in [3.8, 4) is 0 Å². The summed E-state index contributed by atoms with van der Waals surface area (Å²) in [6.45, 7) is 7.98. The summed E-state index contributed by atoms with van der Waals surface area (Å²) in [6, 6.07) is 15.1. The third kappa shape index (κ3) is 2.96. The largest absolute Gasteiger partial charge is 0.342 e. The lowest BCUT2D eigenvalue weighted by Gasteiger charge is -2.25. The number of anilines is 2. The third-order valence-electron chi connectivity index (χ3n) is 3.45. The van der Waals surface area contributed by atoms with E-state index in [2.05, 4.69) is 68.1 Å². The monoisotopic (exact) mass is 254 g/mol. The van der Waals surface area contributed by atoms with Gasteiger partial charge >= 0.3 is 0 Å². The molecule has 0 saturated carbocycles. The molecule has 0 aliphatic heterocycles. The van der Waals surface area contributed by atoms with Crippen LogP contribution >= 0.6 is 0 Å². The minimum atomic E-state index is 0.595. The summed E-state index contributed by atoms with van der Waals surface area (Å²) >= 11 is 0.